The van der Waals surface area contributed by atoms with E-state index in [0.717, 1.165) is 16.9 Å². The number of benzene rings is 2. The molecule has 146 valence electrons. The van der Waals surface area contributed by atoms with Crippen LogP contribution in [-0.2, 0) is 13.0 Å². The third-order valence-corrected chi connectivity index (χ3v) is 4.04. The van der Waals surface area contributed by atoms with Crippen molar-refractivity contribution in [2.24, 2.45) is 0 Å². The molecule has 0 radical (unpaired) electrons. The third-order valence-electron chi connectivity index (χ3n) is 4.04. The first kappa shape index (κ1) is 20.2. The molecule has 0 unspecified atom stereocenters. The van der Waals surface area contributed by atoms with Crippen LogP contribution >= 0.6 is 0 Å². The van der Waals surface area contributed by atoms with Crippen molar-refractivity contribution < 1.29 is 23.7 Å². The first-order valence-corrected chi connectivity index (χ1v) is 8.54. The highest BCUT2D eigenvalue weighted by atomic mass is 16.5. The Labute approximate surface area is 159 Å². The van der Waals surface area contributed by atoms with Crippen molar-refractivity contribution in [2.75, 3.05) is 35.0 Å². The Hall–Kier alpha value is -3.09. The lowest BCUT2D eigenvalue weighted by atomic mass is 10.1. The highest BCUT2D eigenvalue weighted by molar-refractivity contribution is 5.73. The molecule has 2 N–H and O–H groups in total. The monoisotopic (exact) mass is 374 g/mol. The number of methoxy groups -OCH3 is 4. The number of rotatable bonds is 9. The summed E-state index contributed by atoms with van der Waals surface area (Å²) in [6.07, 6.45) is 0.632. The molecule has 2 aromatic carbocycles. The molecule has 0 spiro atoms. The molecule has 27 heavy (non-hydrogen) atoms. The molecule has 0 saturated carbocycles. The normalized spacial score (nSPS) is 10.1. The Kier molecular flexibility index (Phi) is 7.61. The Morgan fingerprint density at radius 2 is 1.44 bits per heavy atom. The third kappa shape index (κ3) is 5.70. The van der Waals surface area contributed by atoms with Gasteiger partial charge in [0.1, 0.15) is 5.75 Å². The van der Waals surface area contributed by atoms with E-state index in [1.807, 2.05) is 36.4 Å². The number of amides is 2. The quantitative estimate of drug-likeness (QED) is 0.706. The highest BCUT2D eigenvalue weighted by Crippen LogP contribution is 2.38. The first-order chi connectivity index (χ1) is 13.1. The minimum absolute atomic E-state index is 0.224. The number of ether oxygens (including phenoxy) is 4. The molecule has 0 aromatic heterocycles. The van der Waals surface area contributed by atoms with Gasteiger partial charge < -0.3 is 29.6 Å². The van der Waals surface area contributed by atoms with E-state index in [1.165, 1.54) is 0 Å². The summed E-state index contributed by atoms with van der Waals surface area (Å²) < 4.78 is 21.1. The molecule has 0 atom stereocenters. The zero-order chi connectivity index (χ0) is 19.6. The van der Waals surface area contributed by atoms with Gasteiger partial charge in [0, 0.05) is 13.1 Å². The zero-order valence-corrected chi connectivity index (χ0v) is 16.1. The summed E-state index contributed by atoms with van der Waals surface area (Å²) in [5.74, 6) is 2.52. The van der Waals surface area contributed by atoms with Gasteiger partial charge in [-0.2, -0.15) is 0 Å². The van der Waals surface area contributed by atoms with E-state index in [2.05, 4.69) is 10.6 Å². The molecular formula is C20H26N2O5. The van der Waals surface area contributed by atoms with E-state index in [0.29, 0.717) is 36.8 Å². The van der Waals surface area contributed by atoms with Gasteiger partial charge in [0.15, 0.2) is 11.5 Å². The van der Waals surface area contributed by atoms with Crippen molar-refractivity contribution in [3.63, 3.8) is 0 Å². The Morgan fingerprint density at radius 1 is 0.815 bits per heavy atom. The standard InChI is InChI=1S/C20H26N2O5/c1-24-16-7-5-14(6-8-16)13-22-20(23)21-10-9-15-11-17(25-2)19(27-4)18(12-15)26-3/h5-8,11-12H,9-10,13H2,1-4H3,(H2,21,22,23). The molecule has 0 saturated heterocycles. The fourth-order valence-electron chi connectivity index (χ4n) is 2.59. The van der Waals surface area contributed by atoms with Crippen LogP contribution in [0.5, 0.6) is 23.0 Å². The lowest BCUT2D eigenvalue weighted by Gasteiger charge is -2.14. The molecule has 2 rings (SSSR count). The van der Waals surface area contributed by atoms with Crippen LogP contribution in [0.25, 0.3) is 0 Å². The lowest BCUT2D eigenvalue weighted by molar-refractivity contribution is 0.240. The fourth-order valence-corrected chi connectivity index (χ4v) is 2.59. The van der Waals surface area contributed by atoms with E-state index in [1.54, 1.807) is 28.4 Å². The summed E-state index contributed by atoms with van der Waals surface area (Å²) >= 11 is 0. The maximum absolute atomic E-state index is 12.0. The molecule has 7 nitrogen and oxygen atoms in total. The maximum atomic E-state index is 12.0. The van der Waals surface area contributed by atoms with Crippen LogP contribution in [0.1, 0.15) is 11.1 Å². The van der Waals surface area contributed by atoms with E-state index < -0.39 is 0 Å². The van der Waals surface area contributed by atoms with Gasteiger partial charge in [0.05, 0.1) is 28.4 Å². The summed E-state index contributed by atoms with van der Waals surface area (Å²) in [5, 5.41) is 5.67. The van der Waals surface area contributed by atoms with Gasteiger partial charge in [0.25, 0.3) is 0 Å². The summed E-state index contributed by atoms with van der Waals surface area (Å²) in [7, 11) is 6.33. The van der Waals surface area contributed by atoms with Crippen LogP contribution in [0.2, 0.25) is 0 Å². The van der Waals surface area contributed by atoms with Gasteiger partial charge in [0.2, 0.25) is 5.75 Å². The molecule has 2 aromatic rings. The Bertz CT molecular complexity index is 722. The van der Waals surface area contributed by atoms with E-state index >= 15 is 0 Å². The molecular weight excluding hydrogens is 348 g/mol. The van der Waals surface area contributed by atoms with Crippen molar-refractivity contribution in [3.8, 4) is 23.0 Å². The van der Waals surface area contributed by atoms with Crippen molar-refractivity contribution in [1.82, 2.24) is 10.6 Å². The molecule has 0 heterocycles. The molecule has 2 amide bonds. The molecule has 7 heteroatoms. The lowest BCUT2D eigenvalue weighted by Crippen LogP contribution is -2.36. The summed E-state index contributed by atoms with van der Waals surface area (Å²) in [4.78, 5) is 12.0. The fraction of sp³-hybridized carbons (Fsp3) is 0.350. The number of nitrogens with one attached hydrogen (secondary N) is 2. The minimum atomic E-state index is -0.224. The predicted octanol–water partition coefficient (Wildman–Crippen LogP) is 2.76. The van der Waals surface area contributed by atoms with Crippen LogP contribution in [0, 0.1) is 0 Å². The molecule has 0 aliphatic rings. The minimum Gasteiger partial charge on any atom is -0.497 e. The van der Waals surface area contributed by atoms with Gasteiger partial charge >= 0.3 is 6.03 Å². The molecule has 0 aliphatic heterocycles. The van der Waals surface area contributed by atoms with Crippen LogP contribution in [-0.4, -0.2) is 41.0 Å². The molecule has 0 bridgehead atoms. The van der Waals surface area contributed by atoms with Crippen molar-refractivity contribution in [1.29, 1.82) is 0 Å². The second-order valence-corrected chi connectivity index (χ2v) is 5.74. The largest absolute Gasteiger partial charge is 0.497 e. The number of hydrogen-bond acceptors (Lipinski definition) is 5. The SMILES string of the molecule is COc1ccc(CNC(=O)NCCc2cc(OC)c(OC)c(OC)c2)cc1. The van der Waals surface area contributed by atoms with Crippen LogP contribution < -0.4 is 29.6 Å². The Morgan fingerprint density at radius 3 is 1.96 bits per heavy atom. The second kappa shape index (κ2) is 10.2. The molecule has 0 fully saturated rings. The number of carbonyl (C=O) groups excluding carboxylic acids is 1. The van der Waals surface area contributed by atoms with Gasteiger partial charge in [-0.3, -0.25) is 0 Å². The van der Waals surface area contributed by atoms with Gasteiger partial charge in [-0.25, -0.2) is 4.79 Å². The topological polar surface area (TPSA) is 78.1 Å². The average Bonchev–Trinajstić information content (AvgIpc) is 2.71. The smallest absolute Gasteiger partial charge is 0.315 e. The van der Waals surface area contributed by atoms with Crippen LogP contribution in [0.15, 0.2) is 36.4 Å². The van der Waals surface area contributed by atoms with E-state index in [-0.39, 0.29) is 6.03 Å². The van der Waals surface area contributed by atoms with Crippen LogP contribution in [0.4, 0.5) is 4.79 Å². The summed E-state index contributed by atoms with van der Waals surface area (Å²) in [6.45, 7) is 0.924. The summed E-state index contributed by atoms with van der Waals surface area (Å²) in [5.41, 5.74) is 1.97. The predicted molar refractivity (Wildman–Crippen MR) is 103 cm³/mol. The number of hydrogen-bond donors (Lipinski definition) is 2. The first-order valence-electron chi connectivity index (χ1n) is 8.54. The van der Waals surface area contributed by atoms with Crippen LogP contribution in [0.3, 0.4) is 0 Å². The maximum Gasteiger partial charge on any atom is 0.315 e. The number of carbonyl (C=O) groups is 1. The Balaban J connectivity index is 1.83. The zero-order valence-electron chi connectivity index (χ0n) is 16.1. The highest BCUT2D eigenvalue weighted by Gasteiger charge is 2.13. The second-order valence-electron chi connectivity index (χ2n) is 5.74. The van der Waals surface area contributed by atoms with Crippen molar-refractivity contribution in [3.05, 3.63) is 47.5 Å². The molecule has 0 aliphatic carbocycles. The van der Waals surface area contributed by atoms with E-state index in [9.17, 15) is 4.79 Å². The van der Waals surface area contributed by atoms with Gasteiger partial charge in [-0.1, -0.05) is 12.1 Å². The van der Waals surface area contributed by atoms with Crippen molar-refractivity contribution in [2.45, 2.75) is 13.0 Å². The summed E-state index contributed by atoms with van der Waals surface area (Å²) in [6, 6.07) is 11.1. The van der Waals surface area contributed by atoms with Gasteiger partial charge in [-0.15, -0.1) is 0 Å². The van der Waals surface area contributed by atoms with Crippen molar-refractivity contribution >= 4 is 6.03 Å². The number of urea groups is 1. The van der Waals surface area contributed by atoms with E-state index in [4.69, 9.17) is 18.9 Å². The average molecular weight is 374 g/mol. The van der Waals surface area contributed by atoms with Gasteiger partial charge in [-0.05, 0) is 41.8 Å².